The SMILES string of the molecule is Nc1cc(-c2cnc3nc(COc4ccccc4)cn3c2)ccc1F. The summed E-state index contributed by atoms with van der Waals surface area (Å²) in [4.78, 5) is 8.78. The molecule has 25 heavy (non-hydrogen) atoms. The third kappa shape index (κ3) is 3.14. The van der Waals surface area contributed by atoms with Crippen LogP contribution in [0.1, 0.15) is 5.69 Å². The summed E-state index contributed by atoms with van der Waals surface area (Å²) in [6, 6.07) is 14.2. The average molecular weight is 334 g/mol. The molecule has 0 aliphatic rings. The van der Waals surface area contributed by atoms with Crippen molar-refractivity contribution in [1.29, 1.82) is 0 Å². The molecule has 0 saturated heterocycles. The number of rotatable bonds is 4. The van der Waals surface area contributed by atoms with Gasteiger partial charge in [0.05, 0.1) is 11.4 Å². The smallest absolute Gasteiger partial charge is 0.234 e. The summed E-state index contributed by atoms with van der Waals surface area (Å²) in [5, 5.41) is 0. The standard InChI is InChI=1S/C19H15FN4O/c20-17-7-6-13(8-18(17)21)14-9-22-19-23-15(11-24(19)10-14)12-25-16-4-2-1-3-5-16/h1-11H,12,21H2. The van der Waals surface area contributed by atoms with Crippen molar-refractivity contribution < 1.29 is 9.13 Å². The summed E-state index contributed by atoms with van der Waals surface area (Å²) in [5.41, 5.74) is 8.14. The lowest BCUT2D eigenvalue weighted by molar-refractivity contribution is 0.302. The number of nitrogen functional groups attached to an aromatic ring is 1. The van der Waals surface area contributed by atoms with Crippen molar-refractivity contribution in [2.45, 2.75) is 6.61 Å². The lowest BCUT2D eigenvalue weighted by Gasteiger charge is -2.04. The Hall–Kier alpha value is -3.41. The first-order chi connectivity index (χ1) is 12.2. The van der Waals surface area contributed by atoms with Crippen LogP contribution in [-0.2, 0) is 6.61 Å². The Labute approximate surface area is 143 Å². The van der Waals surface area contributed by atoms with Gasteiger partial charge in [-0.25, -0.2) is 14.4 Å². The maximum absolute atomic E-state index is 13.3. The van der Waals surface area contributed by atoms with E-state index in [9.17, 15) is 4.39 Å². The molecule has 0 radical (unpaired) electrons. The van der Waals surface area contributed by atoms with Crippen molar-refractivity contribution in [1.82, 2.24) is 14.4 Å². The summed E-state index contributed by atoms with van der Waals surface area (Å²) in [5.74, 6) is 0.932. The van der Waals surface area contributed by atoms with Crippen molar-refractivity contribution in [3.63, 3.8) is 0 Å². The minimum atomic E-state index is -0.430. The third-order valence-electron chi connectivity index (χ3n) is 3.82. The predicted molar refractivity (Wildman–Crippen MR) is 93.6 cm³/mol. The molecule has 0 atom stereocenters. The fourth-order valence-electron chi connectivity index (χ4n) is 2.55. The van der Waals surface area contributed by atoms with Gasteiger partial charge in [0.2, 0.25) is 5.78 Å². The number of halogens is 1. The summed E-state index contributed by atoms with van der Waals surface area (Å²) in [7, 11) is 0. The molecule has 2 N–H and O–H groups in total. The Morgan fingerprint density at radius 3 is 2.68 bits per heavy atom. The van der Waals surface area contributed by atoms with Crippen molar-refractivity contribution in [2.75, 3.05) is 5.73 Å². The third-order valence-corrected chi connectivity index (χ3v) is 3.82. The molecule has 124 valence electrons. The lowest BCUT2D eigenvalue weighted by atomic mass is 10.1. The van der Waals surface area contributed by atoms with Gasteiger partial charge in [-0.3, -0.25) is 4.40 Å². The van der Waals surface area contributed by atoms with Gasteiger partial charge in [0.25, 0.3) is 0 Å². The van der Waals surface area contributed by atoms with Crippen LogP contribution < -0.4 is 10.5 Å². The van der Waals surface area contributed by atoms with E-state index in [2.05, 4.69) is 9.97 Å². The highest BCUT2D eigenvalue weighted by Gasteiger charge is 2.07. The topological polar surface area (TPSA) is 65.4 Å². The predicted octanol–water partition coefficient (Wildman–Crippen LogP) is 3.70. The van der Waals surface area contributed by atoms with Gasteiger partial charge < -0.3 is 10.5 Å². The van der Waals surface area contributed by atoms with E-state index in [4.69, 9.17) is 10.5 Å². The molecule has 4 aromatic rings. The zero-order valence-electron chi connectivity index (χ0n) is 13.3. The number of imidazole rings is 1. The quantitative estimate of drug-likeness (QED) is 0.578. The van der Waals surface area contributed by atoms with E-state index >= 15 is 0 Å². The zero-order valence-corrected chi connectivity index (χ0v) is 13.3. The molecule has 0 unspecified atom stereocenters. The molecule has 4 rings (SSSR count). The Bertz CT molecular complexity index is 1030. The van der Waals surface area contributed by atoms with Gasteiger partial charge in [-0.15, -0.1) is 0 Å². The average Bonchev–Trinajstić information content (AvgIpc) is 3.05. The molecule has 2 heterocycles. The molecule has 6 heteroatoms. The van der Waals surface area contributed by atoms with Gasteiger partial charge in [-0.1, -0.05) is 24.3 Å². The molecule has 0 fully saturated rings. The summed E-state index contributed by atoms with van der Waals surface area (Å²) < 4.78 is 20.8. The molecule has 0 aliphatic carbocycles. The molecular formula is C19H15FN4O. The Balaban J connectivity index is 1.59. The largest absolute Gasteiger partial charge is 0.487 e. The van der Waals surface area contributed by atoms with E-state index in [1.807, 2.05) is 47.1 Å². The van der Waals surface area contributed by atoms with E-state index < -0.39 is 5.82 Å². The summed E-state index contributed by atoms with van der Waals surface area (Å²) in [6.45, 7) is 0.353. The molecule has 0 saturated carbocycles. The number of anilines is 1. The summed E-state index contributed by atoms with van der Waals surface area (Å²) in [6.07, 6.45) is 5.44. The van der Waals surface area contributed by atoms with Crippen molar-refractivity contribution in [2.24, 2.45) is 0 Å². The van der Waals surface area contributed by atoms with Crippen LogP contribution in [0, 0.1) is 5.82 Å². The fourth-order valence-corrected chi connectivity index (χ4v) is 2.55. The zero-order chi connectivity index (χ0) is 17.2. The van der Waals surface area contributed by atoms with Crippen molar-refractivity contribution >= 4 is 11.5 Å². The summed E-state index contributed by atoms with van der Waals surface area (Å²) >= 11 is 0. The van der Waals surface area contributed by atoms with E-state index in [1.54, 1.807) is 18.3 Å². The fraction of sp³-hybridized carbons (Fsp3) is 0.0526. The highest BCUT2D eigenvalue weighted by Crippen LogP contribution is 2.23. The van der Waals surface area contributed by atoms with Crippen molar-refractivity contribution in [3.05, 3.63) is 78.6 Å². The van der Waals surface area contributed by atoms with Crippen molar-refractivity contribution in [3.8, 4) is 16.9 Å². The molecule has 2 aromatic carbocycles. The second-order valence-corrected chi connectivity index (χ2v) is 5.62. The van der Waals surface area contributed by atoms with Gasteiger partial charge in [0.15, 0.2) is 0 Å². The second kappa shape index (κ2) is 6.24. The minimum absolute atomic E-state index is 0.111. The van der Waals surface area contributed by atoms with E-state index in [1.165, 1.54) is 6.07 Å². The molecule has 0 bridgehead atoms. The number of para-hydroxylation sites is 1. The van der Waals surface area contributed by atoms with Crippen LogP contribution >= 0.6 is 0 Å². The number of nitrogens with two attached hydrogens (primary N) is 1. The monoisotopic (exact) mass is 334 g/mol. The molecule has 0 aliphatic heterocycles. The van der Waals surface area contributed by atoms with Crippen LogP contribution in [0.3, 0.4) is 0 Å². The van der Waals surface area contributed by atoms with E-state index in [0.717, 1.165) is 22.6 Å². The van der Waals surface area contributed by atoms with Crippen LogP contribution in [0.2, 0.25) is 0 Å². The highest BCUT2D eigenvalue weighted by molar-refractivity contribution is 5.66. The molecular weight excluding hydrogens is 319 g/mol. The molecule has 5 nitrogen and oxygen atoms in total. The number of hydrogen-bond acceptors (Lipinski definition) is 4. The Kier molecular flexibility index (Phi) is 3.78. The number of benzene rings is 2. The van der Waals surface area contributed by atoms with E-state index in [-0.39, 0.29) is 5.69 Å². The number of nitrogens with zero attached hydrogens (tertiary/aromatic N) is 3. The first-order valence-electron chi connectivity index (χ1n) is 7.76. The Morgan fingerprint density at radius 2 is 1.88 bits per heavy atom. The van der Waals surface area contributed by atoms with Gasteiger partial charge in [-0.2, -0.15) is 0 Å². The molecule has 0 spiro atoms. The molecule has 2 aromatic heterocycles. The van der Waals surface area contributed by atoms with Crippen LogP contribution in [0.5, 0.6) is 5.75 Å². The second-order valence-electron chi connectivity index (χ2n) is 5.62. The highest BCUT2D eigenvalue weighted by atomic mass is 19.1. The van der Waals surface area contributed by atoms with Crippen LogP contribution in [0.25, 0.3) is 16.9 Å². The number of aromatic nitrogens is 3. The minimum Gasteiger partial charge on any atom is -0.487 e. The lowest BCUT2D eigenvalue weighted by Crippen LogP contribution is -1.94. The van der Waals surface area contributed by atoms with Gasteiger partial charge >= 0.3 is 0 Å². The van der Waals surface area contributed by atoms with Gasteiger partial charge in [0.1, 0.15) is 18.2 Å². The first kappa shape index (κ1) is 15.1. The number of fused-ring (bicyclic) bond motifs is 1. The number of hydrogen-bond donors (Lipinski definition) is 1. The van der Waals surface area contributed by atoms with Gasteiger partial charge in [-0.05, 0) is 29.8 Å². The number of ether oxygens (including phenoxy) is 1. The van der Waals surface area contributed by atoms with Gasteiger partial charge in [0, 0.05) is 24.2 Å². The van der Waals surface area contributed by atoms with Crippen LogP contribution in [0.15, 0.2) is 67.1 Å². The van der Waals surface area contributed by atoms with Crippen LogP contribution in [-0.4, -0.2) is 14.4 Å². The van der Waals surface area contributed by atoms with Crippen LogP contribution in [0.4, 0.5) is 10.1 Å². The maximum Gasteiger partial charge on any atom is 0.234 e. The molecule has 0 amide bonds. The normalized spacial score (nSPS) is 10.9. The first-order valence-corrected chi connectivity index (χ1v) is 7.76. The van der Waals surface area contributed by atoms with E-state index in [0.29, 0.717) is 12.4 Å². The maximum atomic E-state index is 13.3. The Morgan fingerprint density at radius 1 is 1.04 bits per heavy atom.